The van der Waals surface area contributed by atoms with Crippen molar-refractivity contribution in [2.75, 3.05) is 5.88 Å². The zero-order chi connectivity index (χ0) is 8.41. The minimum Gasteiger partial charge on any atom is -1.00 e. The molecule has 11 heavy (non-hydrogen) atoms. The van der Waals surface area contributed by atoms with Crippen LogP contribution in [-0.4, -0.2) is 19.2 Å². The van der Waals surface area contributed by atoms with Crippen LogP contribution in [0, 0.1) is 0 Å². The first-order chi connectivity index (χ1) is 4.65. The summed E-state index contributed by atoms with van der Waals surface area (Å²) in [6.07, 6.45) is 3.73. The molecule has 0 spiro atoms. The van der Waals surface area contributed by atoms with Crippen molar-refractivity contribution in [3.63, 3.8) is 0 Å². The van der Waals surface area contributed by atoms with E-state index in [2.05, 4.69) is 6.92 Å². The summed E-state index contributed by atoms with van der Waals surface area (Å²) in [6.45, 7) is 2.17. The molecule has 0 bridgehead atoms. The number of hydrogen-bond donors (Lipinski definition) is 2. The second-order valence-electron chi connectivity index (χ2n) is 1.63. The SMILES string of the molecule is CCCCCCl.O=S(O)O.[H-].[Li+]. The van der Waals surface area contributed by atoms with Crippen LogP contribution >= 0.6 is 11.6 Å². The fourth-order valence-corrected chi connectivity index (χ4v) is 0.533. The van der Waals surface area contributed by atoms with Gasteiger partial charge in [0.2, 0.25) is 0 Å². The molecule has 0 aromatic carbocycles. The molecule has 66 valence electrons. The van der Waals surface area contributed by atoms with Gasteiger partial charge in [0.15, 0.2) is 0 Å². The van der Waals surface area contributed by atoms with Gasteiger partial charge >= 0.3 is 18.9 Å². The molecule has 0 unspecified atom stereocenters. The van der Waals surface area contributed by atoms with E-state index in [1.165, 1.54) is 19.3 Å². The third kappa shape index (κ3) is 56.1. The Hall–Kier alpha value is 0.957. The molecule has 0 amide bonds. The monoisotopic (exact) mass is 196 g/mol. The zero-order valence-electron chi connectivity index (χ0n) is 7.92. The summed E-state index contributed by atoms with van der Waals surface area (Å²) in [5.74, 6) is 0.827. The number of unbranched alkanes of at least 4 members (excludes halogenated alkanes) is 2. The van der Waals surface area contributed by atoms with Crippen LogP contribution in [0.1, 0.15) is 27.6 Å². The maximum absolute atomic E-state index is 8.67. The topological polar surface area (TPSA) is 57.5 Å². The predicted molar refractivity (Wildman–Crippen MR) is 44.8 cm³/mol. The van der Waals surface area contributed by atoms with E-state index < -0.39 is 11.4 Å². The Morgan fingerprint density at radius 1 is 1.45 bits per heavy atom. The standard InChI is InChI=1S/C5H11Cl.Li.H2O3S.H/c1-2-3-4-5-6;;1-4(2)3;/h2-5H2,1H3;;(H2,1,2,3);/q;+1;;-1. The fraction of sp³-hybridized carbons (Fsp3) is 1.00. The van der Waals surface area contributed by atoms with E-state index >= 15 is 0 Å². The van der Waals surface area contributed by atoms with Gasteiger partial charge in [-0.2, -0.15) is 4.21 Å². The third-order valence-electron chi connectivity index (χ3n) is 0.737. The average molecular weight is 197 g/mol. The largest absolute Gasteiger partial charge is 1.00 e. The van der Waals surface area contributed by atoms with Crippen LogP contribution in [-0.2, 0) is 11.4 Å². The van der Waals surface area contributed by atoms with E-state index in [9.17, 15) is 0 Å². The van der Waals surface area contributed by atoms with Crippen LogP contribution < -0.4 is 18.9 Å². The van der Waals surface area contributed by atoms with Crippen LogP contribution in [0.4, 0.5) is 0 Å². The molecule has 6 heteroatoms. The minimum absolute atomic E-state index is 0. The van der Waals surface area contributed by atoms with Crippen LogP contribution in [0.5, 0.6) is 0 Å². The summed E-state index contributed by atoms with van der Waals surface area (Å²) in [4.78, 5) is 0. The Morgan fingerprint density at radius 2 is 1.82 bits per heavy atom. The zero-order valence-corrected chi connectivity index (χ0v) is 8.49. The second kappa shape index (κ2) is 17.2. The maximum Gasteiger partial charge on any atom is 1.00 e. The molecule has 3 nitrogen and oxygen atoms in total. The second-order valence-corrected chi connectivity index (χ2v) is 2.47. The Kier molecular flexibility index (Phi) is 27.9. The summed E-state index contributed by atoms with van der Waals surface area (Å²) in [5.41, 5.74) is 0. The van der Waals surface area contributed by atoms with E-state index in [1.807, 2.05) is 0 Å². The summed E-state index contributed by atoms with van der Waals surface area (Å²) in [7, 11) is 0. The first-order valence-electron chi connectivity index (χ1n) is 3.01. The maximum atomic E-state index is 8.67. The smallest absolute Gasteiger partial charge is 1.00 e. The fourth-order valence-electron chi connectivity index (χ4n) is 0.344. The Labute approximate surface area is 88.7 Å². The van der Waals surface area contributed by atoms with Gasteiger partial charge in [0, 0.05) is 5.88 Å². The molecule has 0 radical (unpaired) electrons. The molecule has 0 atom stereocenters. The van der Waals surface area contributed by atoms with Gasteiger partial charge in [0.1, 0.15) is 0 Å². The number of alkyl halides is 1. The molecule has 0 fully saturated rings. The van der Waals surface area contributed by atoms with E-state index in [0.717, 1.165) is 5.88 Å². The molecule has 0 aliphatic rings. The van der Waals surface area contributed by atoms with Crippen LogP contribution in [0.15, 0.2) is 0 Å². The van der Waals surface area contributed by atoms with E-state index in [1.54, 1.807) is 0 Å². The van der Waals surface area contributed by atoms with Crippen molar-refractivity contribution in [1.29, 1.82) is 0 Å². The van der Waals surface area contributed by atoms with Crippen molar-refractivity contribution in [1.82, 2.24) is 0 Å². The van der Waals surface area contributed by atoms with Crippen molar-refractivity contribution < 1.29 is 33.6 Å². The van der Waals surface area contributed by atoms with Gasteiger partial charge < -0.3 is 1.43 Å². The van der Waals surface area contributed by atoms with Gasteiger partial charge in [0.05, 0.1) is 0 Å². The Balaban J connectivity index is -0.0000000483. The Bertz CT molecular complexity index is 81.1. The third-order valence-corrected chi connectivity index (χ3v) is 1.00. The van der Waals surface area contributed by atoms with E-state index in [0.29, 0.717) is 0 Å². The number of rotatable bonds is 3. The first-order valence-corrected chi connectivity index (χ1v) is 4.60. The van der Waals surface area contributed by atoms with Crippen molar-refractivity contribution in [3.05, 3.63) is 0 Å². The molecular weight excluding hydrogens is 183 g/mol. The molecular formula is C5H14ClLiO3S. The van der Waals surface area contributed by atoms with Gasteiger partial charge in [-0.05, 0) is 6.42 Å². The molecule has 0 aliphatic carbocycles. The molecule has 0 saturated heterocycles. The molecule has 2 N–H and O–H groups in total. The first kappa shape index (κ1) is 17.9. The predicted octanol–water partition coefficient (Wildman–Crippen LogP) is -0.787. The average Bonchev–Trinajstić information content (AvgIpc) is 1.82. The van der Waals surface area contributed by atoms with Gasteiger partial charge in [-0.1, -0.05) is 19.8 Å². The summed E-state index contributed by atoms with van der Waals surface area (Å²) < 4.78 is 22.8. The number of hydrogen-bond acceptors (Lipinski definition) is 1. The van der Waals surface area contributed by atoms with Gasteiger partial charge in [-0.15, -0.1) is 11.6 Å². The van der Waals surface area contributed by atoms with Gasteiger partial charge in [0.25, 0.3) is 11.4 Å². The van der Waals surface area contributed by atoms with Gasteiger partial charge in [-0.3, -0.25) is 9.11 Å². The van der Waals surface area contributed by atoms with Crippen LogP contribution in [0.25, 0.3) is 0 Å². The van der Waals surface area contributed by atoms with E-state index in [4.69, 9.17) is 24.9 Å². The molecule has 0 aromatic rings. The van der Waals surface area contributed by atoms with Crippen molar-refractivity contribution in [2.24, 2.45) is 0 Å². The van der Waals surface area contributed by atoms with Gasteiger partial charge in [-0.25, -0.2) is 0 Å². The van der Waals surface area contributed by atoms with Crippen LogP contribution in [0.3, 0.4) is 0 Å². The molecule has 0 rings (SSSR count). The van der Waals surface area contributed by atoms with Crippen LogP contribution in [0.2, 0.25) is 0 Å². The van der Waals surface area contributed by atoms with Crippen molar-refractivity contribution in [3.8, 4) is 0 Å². The Morgan fingerprint density at radius 3 is 1.91 bits per heavy atom. The van der Waals surface area contributed by atoms with Crippen molar-refractivity contribution >= 4 is 23.0 Å². The molecule has 0 saturated carbocycles. The van der Waals surface area contributed by atoms with Crippen molar-refractivity contribution in [2.45, 2.75) is 26.2 Å². The normalized spacial score (nSPS) is 8.09. The molecule has 0 aliphatic heterocycles. The molecule has 0 aromatic heterocycles. The number of halogens is 1. The summed E-state index contributed by atoms with van der Waals surface area (Å²) in [5, 5.41) is 0. The quantitative estimate of drug-likeness (QED) is 0.269. The summed E-state index contributed by atoms with van der Waals surface area (Å²) in [6, 6.07) is 0. The summed E-state index contributed by atoms with van der Waals surface area (Å²) >= 11 is 2.77. The van der Waals surface area contributed by atoms with E-state index in [-0.39, 0.29) is 20.3 Å². The minimum atomic E-state index is -2.61. The molecule has 0 heterocycles.